The molecule has 1 atom stereocenters. The summed E-state index contributed by atoms with van der Waals surface area (Å²) < 4.78 is 37.4. The summed E-state index contributed by atoms with van der Waals surface area (Å²) in [7, 11) is 0. The molecule has 106 valence electrons. The molecule has 1 unspecified atom stereocenters. The first-order valence-electron chi connectivity index (χ1n) is 6.34. The molecule has 0 amide bonds. The van der Waals surface area contributed by atoms with E-state index in [2.05, 4.69) is 17.2 Å². The number of nitrogens with zero attached hydrogens (tertiary/aromatic N) is 1. The smallest absolute Gasteiger partial charge is 0.311 e. The third-order valence-corrected chi connectivity index (χ3v) is 3.48. The molecule has 6 heteroatoms. The van der Waals surface area contributed by atoms with Crippen molar-refractivity contribution in [3.63, 3.8) is 0 Å². The van der Waals surface area contributed by atoms with Crippen molar-refractivity contribution in [2.24, 2.45) is 0 Å². The van der Waals surface area contributed by atoms with E-state index in [1.807, 2.05) is 0 Å². The monoisotopic (exact) mass is 292 g/mol. The van der Waals surface area contributed by atoms with Crippen molar-refractivity contribution < 1.29 is 13.2 Å². The van der Waals surface area contributed by atoms with Crippen molar-refractivity contribution in [3.8, 4) is 0 Å². The molecule has 1 heterocycles. The largest absolute Gasteiger partial charge is 0.417 e. The molecule has 1 saturated carbocycles. The summed E-state index contributed by atoms with van der Waals surface area (Å²) in [6, 6.07) is 1.89. The van der Waals surface area contributed by atoms with Gasteiger partial charge in [0, 0.05) is 18.3 Å². The minimum absolute atomic E-state index is 0.0912. The maximum absolute atomic E-state index is 12.5. The molecule has 0 aromatic carbocycles. The highest BCUT2D eigenvalue weighted by Gasteiger charge is 2.31. The van der Waals surface area contributed by atoms with E-state index in [1.165, 1.54) is 12.8 Å². The van der Waals surface area contributed by atoms with Crippen molar-refractivity contribution in [2.45, 2.75) is 50.9 Å². The maximum atomic E-state index is 12.5. The Morgan fingerprint density at radius 3 is 2.68 bits per heavy atom. The lowest BCUT2D eigenvalue weighted by molar-refractivity contribution is -0.137. The molecular formula is C13H16ClF3N2. The highest BCUT2D eigenvalue weighted by Crippen LogP contribution is 2.31. The van der Waals surface area contributed by atoms with Crippen LogP contribution in [0.25, 0.3) is 0 Å². The third kappa shape index (κ3) is 4.35. The molecule has 0 bridgehead atoms. The highest BCUT2D eigenvalue weighted by atomic mass is 35.5. The van der Waals surface area contributed by atoms with Gasteiger partial charge in [0.25, 0.3) is 0 Å². The zero-order valence-corrected chi connectivity index (χ0v) is 11.4. The third-order valence-electron chi connectivity index (χ3n) is 3.16. The molecule has 1 aliphatic carbocycles. The van der Waals surface area contributed by atoms with Gasteiger partial charge in [0.15, 0.2) is 0 Å². The fraction of sp³-hybridized carbons (Fsp3) is 0.615. The first kappa shape index (κ1) is 14.6. The Kier molecular flexibility index (Phi) is 4.36. The van der Waals surface area contributed by atoms with E-state index < -0.39 is 11.7 Å². The zero-order chi connectivity index (χ0) is 14.0. The van der Waals surface area contributed by atoms with Gasteiger partial charge in [0.1, 0.15) is 0 Å². The summed E-state index contributed by atoms with van der Waals surface area (Å²) in [5.41, 5.74) is -0.274. The van der Waals surface area contributed by atoms with Crippen LogP contribution in [0, 0.1) is 0 Å². The van der Waals surface area contributed by atoms with E-state index in [0.29, 0.717) is 24.2 Å². The second-order valence-corrected chi connectivity index (χ2v) is 5.44. The average Bonchev–Trinajstić information content (AvgIpc) is 3.10. The van der Waals surface area contributed by atoms with E-state index in [4.69, 9.17) is 11.6 Å². The van der Waals surface area contributed by atoms with Crippen molar-refractivity contribution in [1.82, 2.24) is 10.3 Å². The lowest BCUT2D eigenvalue weighted by atomic mass is 10.1. The van der Waals surface area contributed by atoms with Gasteiger partial charge >= 0.3 is 6.18 Å². The van der Waals surface area contributed by atoms with Crippen molar-refractivity contribution in [1.29, 1.82) is 0 Å². The molecule has 0 radical (unpaired) electrons. The molecule has 1 aromatic rings. The van der Waals surface area contributed by atoms with E-state index in [9.17, 15) is 13.2 Å². The molecule has 1 aliphatic rings. The summed E-state index contributed by atoms with van der Waals surface area (Å²) in [5.74, 6) is 0. The van der Waals surface area contributed by atoms with Gasteiger partial charge in [-0.1, -0.05) is 11.6 Å². The average molecular weight is 293 g/mol. The van der Waals surface area contributed by atoms with Crippen LogP contribution in [0.3, 0.4) is 0 Å². The number of aromatic nitrogens is 1. The number of pyridine rings is 1. The van der Waals surface area contributed by atoms with Gasteiger partial charge in [-0.2, -0.15) is 13.2 Å². The fourth-order valence-corrected chi connectivity index (χ4v) is 2.15. The molecule has 2 nitrogen and oxygen atoms in total. The molecule has 0 aliphatic heterocycles. The Morgan fingerprint density at radius 2 is 2.16 bits per heavy atom. The van der Waals surface area contributed by atoms with Crippen LogP contribution in [-0.4, -0.2) is 17.1 Å². The number of rotatable bonds is 5. The van der Waals surface area contributed by atoms with Crippen LogP contribution < -0.4 is 5.32 Å². The lowest BCUT2D eigenvalue weighted by Crippen LogP contribution is -2.28. The van der Waals surface area contributed by atoms with E-state index in [0.717, 1.165) is 18.7 Å². The summed E-state index contributed by atoms with van der Waals surface area (Å²) in [6.45, 7) is 2.07. The van der Waals surface area contributed by atoms with Gasteiger partial charge in [-0.05, 0) is 38.7 Å². The SMILES string of the molecule is CC(CCc1ncc(C(F)(F)F)cc1Cl)NC1CC1. The summed E-state index contributed by atoms with van der Waals surface area (Å²) in [4.78, 5) is 3.83. The predicted molar refractivity (Wildman–Crippen MR) is 68.2 cm³/mol. The van der Waals surface area contributed by atoms with Crippen molar-refractivity contribution >= 4 is 11.6 Å². The predicted octanol–water partition coefficient (Wildman–Crippen LogP) is 3.83. The first-order chi connectivity index (χ1) is 8.86. The van der Waals surface area contributed by atoms with Crippen LogP contribution >= 0.6 is 11.6 Å². The van der Waals surface area contributed by atoms with Crippen LogP contribution in [0.2, 0.25) is 5.02 Å². The second kappa shape index (κ2) is 5.67. The molecular weight excluding hydrogens is 277 g/mol. The molecule has 0 spiro atoms. The molecule has 1 N–H and O–H groups in total. The van der Waals surface area contributed by atoms with E-state index in [1.54, 1.807) is 0 Å². The van der Waals surface area contributed by atoms with E-state index >= 15 is 0 Å². The highest BCUT2D eigenvalue weighted by molar-refractivity contribution is 6.31. The van der Waals surface area contributed by atoms with Crippen LogP contribution in [0.5, 0.6) is 0 Å². The Labute approximate surface area is 115 Å². The molecule has 1 aromatic heterocycles. The number of alkyl halides is 3. The summed E-state index contributed by atoms with van der Waals surface area (Å²) >= 11 is 5.85. The molecule has 2 rings (SSSR count). The van der Waals surface area contributed by atoms with Gasteiger partial charge in [-0.3, -0.25) is 4.98 Å². The van der Waals surface area contributed by atoms with Crippen molar-refractivity contribution in [3.05, 3.63) is 28.5 Å². The molecule has 1 fully saturated rings. The van der Waals surface area contributed by atoms with Crippen LogP contribution in [0.4, 0.5) is 13.2 Å². The number of nitrogens with one attached hydrogen (secondary N) is 1. The number of halogens is 4. The lowest BCUT2D eigenvalue weighted by Gasteiger charge is -2.14. The van der Waals surface area contributed by atoms with Crippen LogP contribution in [0.1, 0.15) is 37.4 Å². The summed E-state index contributed by atoms with van der Waals surface area (Å²) in [5, 5.41) is 3.52. The quantitative estimate of drug-likeness (QED) is 0.892. The Hall–Kier alpha value is -0.810. The van der Waals surface area contributed by atoms with Gasteiger partial charge in [0.05, 0.1) is 16.3 Å². The van der Waals surface area contributed by atoms with Crippen LogP contribution in [-0.2, 0) is 12.6 Å². The van der Waals surface area contributed by atoms with Gasteiger partial charge < -0.3 is 5.32 Å². The standard InChI is InChI=1S/C13H16ClF3N2/c1-8(19-10-3-4-10)2-5-12-11(14)6-9(7-18-12)13(15,16)17/h6-8,10,19H,2-5H2,1H3. The van der Waals surface area contributed by atoms with Gasteiger partial charge in [-0.25, -0.2) is 0 Å². The second-order valence-electron chi connectivity index (χ2n) is 5.03. The van der Waals surface area contributed by atoms with Gasteiger partial charge in [-0.15, -0.1) is 0 Å². The van der Waals surface area contributed by atoms with Crippen molar-refractivity contribution in [2.75, 3.05) is 0 Å². The first-order valence-corrected chi connectivity index (χ1v) is 6.71. The Balaban J connectivity index is 1.93. The normalized spacial score (nSPS) is 17.5. The minimum Gasteiger partial charge on any atom is -0.311 e. The maximum Gasteiger partial charge on any atom is 0.417 e. The van der Waals surface area contributed by atoms with Gasteiger partial charge in [0.2, 0.25) is 0 Å². The minimum atomic E-state index is -4.39. The topological polar surface area (TPSA) is 24.9 Å². The zero-order valence-electron chi connectivity index (χ0n) is 10.6. The molecule has 0 saturated heterocycles. The Morgan fingerprint density at radius 1 is 1.47 bits per heavy atom. The number of hydrogen-bond acceptors (Lipinski definition) is 2. The van der Waals surface area contributed by atoms with Crippen LogP contribution in [0.15, 0.2) is 12.3 Å². The fourth-order valence-electron chi connectivity index (χ4n) is 1.89. The summed E-state index contributed by atoms with van der Waals surface area (Å²) in [6.07, 6.45) is 0.274. The number of aryl methyl sites for hydroxylation is 1. The Bertz CT molecular complexity index is 444. The molecule has 19 heavy (non-hydrogen) atoms. The van der Waals surface area contributed by atoms with E-state index in [-0.39, 0.29) is 5.02 Å². The number of hydrogen-bond donors (Lipinski definition) is 1.